The van der Waals surface area contributed by atoms with Crippen LogP contribution in [-0.2, 0) is 0 Å². The summed E-state index contributed by atoms with van der Waals surface area (Å²) < 4.78 is 17.2. The molecule has 0 bridgehead atoms. The molecule has 1 unspecified atom stereocenters. The number of hydrogen-bond donors (Lipinski definition) is 1. The maximum atomic E-state index is 12.6. The summed E-state index contributed by atoms with van der Waals surface area (Å²) in [5.74, 6) is 1.82. The molecule has 1 atom stereocenters. The Morgan fingerprint density at radius 3 is 2.42 bits per heavy atom. The fourth-order valence-electron chi connectivity index (χ4n) is 2.50. The van der Waals surface area contributed by atoms with Crippen LogP contribution in [0.4, 0.5) is 0 Å². The predicted octanol–water partition coefficient (Wildman–Crippen LogP) is 4.75. The van der Waals surface area contributed by atoms with Crippen molar-refractivity contribution in [1.29, 1.82) is 0 Å². The summed E-state index contributed by atoms with van der Waals surface area (Å²) >= 11 is 3.41. The summed E-state index contributed by atoms with van der Waals surface area (Å²) in [5, 5.41) is 3.00. The highest BCUT2D eigenvalue weighted by Gasteiger charge is 2.16. The first-order valence-electron chi connectivity index (χ1n) is 8.54. The van der Waals surface area contributed by atoms with Gasteiger partial charge >= 0.3 is 0 Å². The summed E-state index contributed by atoms with van der Waals surface area (Å²) in [4.78, 5) is 12.6. The molecule has 26 heavy (non-hydrogen) atoms. The van der Waals surface area contributed by atoms with E-state index in [4.69, 9.17) is 14.2 Å². The second-order valence-electron chi connectivity index (χ2n) is 5.61. The normalized spacial score (nSPS) is 11.6. The van der Waals surface area contributed by atoms with Crippen molar-refractivity contribution < 1.29 is 19.0 Å². The average Bonchev–Trinajstić information content (AvgIpc) is 2.63. The third kappa shape index (κ3) is 4.91. The van der Waals surface area contributed by atoms with Crippen LogP contribution in [0.5, 0.6) is 17.2 Å². The third-order valence-corrected chi connectivity index (χ3v) is 4.52. The van der Waals surface area contributed by atoms with E-state index in [0.29, 0.717) is 40.5 Å². The number of hydrogen-bond acceptors (Lipinski definition) is 4. The number of methoxy groups -OCH3 is 1. The average molecular weight is 422 g/mol. The van der Waals surface area contributed by atoms with E-state index in [1.54, 1.807) is 25.3 Å². The lowest BCUT2D eigenvalue weighted by Gasteiger charge is -2.18. The number of nitrogens with one attached hydrogen (secondary N) is 1. The molecule has 0 spiro atoms. The molecule has 140 valence electrons. The van der Waals surface area contributed by atoms with E-state index in [1.165, 1.54) is 0 Å². The Morgan fingerprint density at radius 1 is 1.08 bits per heavy atom. The van der Waals surface area contributed by atoms with Gasteiger partial charge in [0.25, 0.3) is 5.91 Å². The molecule has 2 aromatic rings. The van der Waals surface area contributed by atoms with Crippen molar-refractivity contribution in [3.05, 3.63) is 52.0 Å². The van der Waals surface area contributed by atoms with Crippen LogP contribution in [-0.4, -0.2) is 26.2 Å². The highest BCUT2D eigenvalue weighted by Crippen LogP contribution is 2.31. The van der Waals surface area contributed by atoms with E-state index in [9.17, 15) is 4.79 Å². The van der Waals surface area contributed by atoms with Crippen molar-refractivity contribution in [2.45, 2.75) is 26.8 Å². The first kappa shape index (κ1) is 20.1. The number of amides is 1. The zero-order chi connectivity index (χ0) is 19.1. The molecular weight excluding hydrogens is 398 g/mol. The SMILES string of the molecule is CCOc1ccc(C(C)NC(=O)c2cc(OC)ccc2Br)cc1OCC. The van der Waals surface area contributed by atoms with Crippen LogP contribution in [0.2, 0.25) is 0 Å². The van der Waals surface area contributed by atoms with Gasteiger partial charge in [0.1, 0.15) is 5.75 Å². The summed E-state index contributed by atoms with van der Waals surface area (Å²) in [7, 11) is 1.57. The number of halogens is 1. The van der Waals surface area contributed by atoms with E-state index < -0.39 is 0 Å². The molecule has 2 rings (SSSR count). The zero-order valence-corrected chi connectivity index (χ0v) is 17.1. The monoisotopic (exact) mass is 421 g/mol. The Hall–Kier alpha value is -2.21. The lowest BCUT2D eigenvalue weighted by atomic mass is 10.1. The number of carbonyl (C=O) groups excluding carboxylic acids is 1. The fourth-order valence-corrected chi connectivity index (χ4v) is 2.93. The first-order valence-corrected chi connectivity index (χ1v) is 9.33. The molecule has 0 aliphatic rings. The van der Waals surface area contributed by atoms with Crippen LogP contribution < -0.4 is 19.5 Å². The van der Waals surface area contributed by atoms with E-state index in [-0.39, 0.29) is 11.9 Å². The molecule has 0 saturated carbocycles. The second-order valence-corrected chi connectivity index (χ2v) is 6.47. The number of rotatable bonds is 8. The van der Waals surface area contributed by atoms with Crippen LogP contribution in [0.3, 0.4) is 0 Å². The fraction of sp³-hybridized carbons (Fsp3) is 0.350. The van der Waals surface area contributed by atoms with Gasteiger partial charge in [-0.2, -0.15) is 0 Å². The van der Waals surface area contributed by atoms with Crippen LogP contribution >= 0.6 is 15.9 Å². The Morgan fingerprint density at radius 2 is 1.77 bits per heavy atom. The van der Waals surface area contributed by atoms with E-state index in [2.05, 4.69) is 21.2 Å². The van der Waals surface area contributed by atoms with Gasteiger partial charge in [-0.25, -0.2) is 0 Å². The summed E-state index contributed by atoms with van der Waals surface area (Å²) in [6.45, 7) is 6.89. The van der Waals surface area contributed by atoms with E-state index >= 15 is 0 Å². The quantitative estimate of drug-likeness (QED) is 0.668. The maximum absolute atomic E-state index is 12.6. The Balaban J connectivity index is 2.20. The van der Waals surface area contributed by atoms with Gasteiger partial charge in [-0.1, -0.05) is 6.07 Å². The van der Waals surface area contributed by atoms with Crippen molar-refractivity contribution >= 4 is 21.8 Å². The van der Waals surface area contributed by atoms with Crippen LogP contribution in [0.25, 0.3) is 0 Å². The van der Waals surface area contributed by atoms with E-state index in [0.717, 1.165) is 5.56 Å². The number of ether oxygens (including phenoxy) is 3. The second kappa shape index (κ2) is 9.48. The van der Waals surface area contributed by atoms with Crippen LogP contribution in [0, 0.1) is 0 Å². The first-order chi connectivity index (χ1) is 12.5. The molecule has 5 nitrogen and oxygen atoms in total. The molecule has 0 aliphatic carbocycles. The summed E-state index contributed by atoms with van der Waals surface area (Å²) in [5.41, 5.74) is 1.46. The van der Waals surface area contributed by atoms with Gasteiger partial charge in [-0.05, 0) is 72.6 Å². The highest BCUT2D eigenvalue weighted by atomic mass is 79.9. The summed E-state index contributed by atoms with van der Waals surface area (Å²) in [6.07, 6.45) is 0. The molecule has 0 fully saturated rings. The van der Waals surface area contributed by atoms with Crippen LogP contribution in [0.1, 0.15) is 42.7 Å². The lowest BCUT2D eigenvalue weighted by molar-refractivity contribution is 0.0938. The van der Waals surface area contributed by atoms with Crippen molar-refractivity contribution in [3.8, 4) is 17.2 Å². The molecular formula is C20H24BrNO4. The standard InChI is InChI=1S/C20H24BrNO4/c1-5-25-18-10-7-14(11-19(18)26-6-2)13(3)22-20(23)16-12-15(24-4)8-9-17(16)21/h7-13H,5-6H2,1-4H3,(H,22,23). The third-order valence-electron chi connectivity index (χ3n) is 3.83. The van der Waals surface area contributed by atoms with Gasteiger partial charge in [-0.15, -0.1) is 0 Å². The smallest absolute Gasteiger partial charge is 0.253 e. The Kier molecular flexibility index (Phi) is 7.33. The van der Waals surface area contributed by atoms with Crippen molar-refractivity contribution in [3.63, 3.8) is 0 Å². The van der Waals surface area contributed by atoms with Gasteiger partial charge in [0, 0.05) is 4.47 Å². The summed E-state index contributed by atoms with van der Waals surface area (Å²) in [6, 6.07) is 10.8. The van der Waals surface area contributed by atoms with E-state index in [1.807, 2.05) is 39.0 Å². The predicted molar refractivity (Wildman–Crippen MR) is 105 cm³/mol. The lowest BCUT2D eigenvalue weighted by Crippen LogP contribution is -2.27. The minimum atomic E-state index is -0.199. The topological polar surface area (TPSA) is 56.8 Å². The Bertz CT molecular complexity index is 763. The Labute approximate surface area is 162 Å². The zero-order valence-electron chi connectivity index (χ0n) is 15.5. The molecule has 0 heterocycles. The van der Waals surface area contributed by atoms with Gasteiger partial charge < -0.3 is 19.5 Å². The number of carbonyl (C=O) groups is 1. The highest BCUT2D eigenvalue weighted by molar-refractivity contribution is 9.10. The molecule has 6 heteroatoms. The molecule has 1 amide bonds. The molecule has 0 aromatic heterocycles. The minimum absolute atomic E-state index is 0.185. The van der Waals surface area contributed by atoms with Gasteiger partial charge in [0.15, 0.2) is 11.5 Å². The molecule has 1 N–H and O–H groups in total. The minimum Gasteiger partial charge on any atom is -0.497 e. The van der Waals surface area contributed by atoms with Crippen LogP contribution in [0.15, 0.2) is 40.9 Å². The van der Waals surface area contributed by atoms with Crippen molar-refractivity contribution in [1.82, 2.24) is 5.32 Å². The molecule has 0 saturated heterocycles. The maximum Gasteiger partial charge on any atom is 0.253 e. The van der Waals surface area contributed by atoms with Gasteiger partial charge in [0.05, 0.1) is 31.9 Å². The molecule has 0 aliphatic heterocycles. The van der Waals surface area contributed by atoms with Crippen molar-refractivity contribution in [2.75, 3.05) is 20.3 Å². The number of benzene rings is 2. The largest absolute Gasteiger partial charge is 0.497 e. The molecule has 2 aromatic carbocycles. The molecule has 0 radical (unpaired) electrons. The van der Waals surface area contributed by atoms with Gasteiger partial charge in [-0.3, -0.25) is 4.79 Å². The van der Waals surface area contributed by atoms with Gasteiger partial charge in [0.2, 0.25) is 0 Å². The van der Waals surface area contributed by atoms with Crippen molar-refractivity contribution in [2.24, 2.45) is 0 Å².